The van der Waals surface area contributed by atoms with Gasteiger partial charge in [-0.05, 0) is 40.9 Å². The summed E-state index contributed by atoms with van der Waals surface area (Å²) in [7, 11) is 0. The van der Waals surface area contributed by atoms with Crippen molar-refractivity contribution < 1.29 is 0 Å². The summed E-state index contributed by atoms with van der Waals surface area (Å²) in [5, 5.41) is 18.3. The second-order valence-corrected chi connectivity index (χ2v) is 10.00. The molecule has 0 spiro atoms. The van der Waals surface area contributed by atoms with Crippen molar-refractivity contribution in [3.8, 4) is 28.3 Å². The molecular weight excluding hydrogens is 467 g/mol. The summed E-state index contributed by atoms with van der Waals surface area (Å²) >= 11 is 3.42. The Kier molecular flexibility index (Phi) is 4.37. The van der Waals surface area contributed by atoms with E-state index in [4.69, 9.17) is 6.57 Å². The Balaban J connectivity index is 1.54. The van der Waals surface area contributed by atoms with Gasteiger partial charge in [0.2, 0.25) is 0 Å². The van der Waals surface area contributed by atoms with Crippen LogP contribution in [-0.2, 0) is 0 Å². The van der Waals surface area contributed by atoms with Crippen LogP contribution in [0.4, 0.5) is 28.4 Å². The Morgan fingerprint density at radius 2 is 1.26 bits per heavy atom. The molecule has 0 saturated heterocycles. The monoisotopic (exact) mass is 482 g/mol. The molecule has 0 radical (unpaired) electrons. The molecule has 0 fully saturated rings. The summed E-state index contributed by atoms with van der Waals surface area (Å²) in [6.07, 6.45) is 0. The molecule has 0 bridgehead atoms. The average molecular weight is 482 g/mol. The zero-order valence-electron chi connectivity index (χ0n) is 18.3. The van der Waals surface area contributed by atoms with E-state index in [1.807, 2.05) is 48.5 Å². The van der Waals surface area contributed by atoms with Gasteiger partial charge < -0.3 is 9.62 Å². The van der Waals surface area contributed by atoms with Crippen molar-refractivity contribution in [2.24, 2.45) is 0 Å². The lowest BCUT2D eigenvalue weighted by Gasteiger charge is -2.46. The maximum absolute atomic E-state index is 9.37. The molecule has 2 aromatic heterocycles. The molecule has 0 saturated carbocycles. The van der Waals surface area contributed by atoms with Gasteiger partial charge in [-0.25, -0.2) is 4.85 Å². The molecule has 0 unspecified atom stereocenters. The zero-order chi connectivity index (χ0) is 23.5. The minimum absolute atomic E-state index is 0.114. The van der Waals surface area contributed by atoms with Crippen molar-refractivity contribution in [3.05, 3.63) is 105 Å². The molecule has 2 aliphatic heterocycles. The molecule has 0 atom stereocenters. The Bertz CT molecular complexity index is 1560. The lowest BCUT2D eigenvalue weighted by Crippen LogP contribution is -2.61. The molecule has 2 aliphatic rings. The molecule has 0 aliphatic carbocycles. The lowest BCUT2D eigenvalue weighted by molar-refractivity contribution is 1.28. The van der Waals surface area contributed by atoms with Crippen molar-refractivity contribution >= 4 is 63.6 Å². The first-order chi connectivity index (χ1) is 17.3. The van der Waals surface area contributed by atoms with E-state index in [9.17, 15) is 5.26 Å². The first kappa shape index (κ1) is 20.1. The fourth-order valence-electron chi connectivity index (χ4n) is 5.25. The van der Waals surface area contributed by atoms with E-state index in [-0.39, 0.29) is 6.98 Å². The molecule has 5 aromatic rings. The smallest absolute Gasteiger partial charge is 0.360 e. The molecule has 0 N–H and O–H groups in total. The van der Waals surface area contributed by atoms with E-state index >= 15 is 0 Å². The van der Waals surface area contributed by atoms with Crippen LogP contribution >= 0.6 is 22.7 Å². The standard InChI is InChI=1S/C28H15BN4S2/c1-31-19-7-11-21(12-8-19)33-27-17-35-15-25(27)23-4-2-3-22-24-14-34-16-26(24)32(29(33)28(22)23)20-9-5-18(13-30)6-10-20/h2-12,14-17H. The molecule has 162 valence electrons. The van der Waals surface area contributed by atoms with Crippen LogP contribution in [0.5, 0.6) is 0 Å². The van der Waals surface area contributed by atoms with Gasteiger partial charge in [-0.2, -0.15) is 5.26 Å². The van der Waals surface area contributed by atoms with Gasteiger partial charge >= 0.3 is 6.98 Å². The Hall–Kier alpha value is -4.30. The maximum atomic E-state index is 9.37. The average Bonchev–Trinajstić information content (AvgIpc) is 3.60. The number of anilines is 4. The van der Waals surface area contributed by atoms with Crippen LogP contribution in [0.1, 0.15) is 5.56 Å². The molecule has 35 heavy (non-hydrogen) atoms. The summed E-state index contributed by atoms with van der Waals surface area (Å²) in [6.45, 7) is 7.27. The Morgan fingerprint density at radius 1 is 0.714 bits per heavy atom. The number of hydrogen-bond donors (Lipinski definition) is 0. The summed E-state index contributed by atoms with van der Waals surface area (Å²) in [4.78, 5) is 8.38. The highest BCUT2D eigenvalue weighted by Gasteiger charge is 2.47. The lowest BCUT2D eigenvalue weighted by atomic mass is 9.54. The largest absolute Gasteiger partial charge is 0.421 e. The van der Waals surface area contributed by atoms with Crippen LogP contribution in [0, 0.1) is 17.9 Å². The minimum atomic E-state index is -0.114. The minimum Gasteiger partial charge on any atom is -0.360 e. The second kappa shape index (κ2) is 7.61. The van der Waals surface area contributed by atoms with Crippen LogP contribution in [0.15, 0.2) is 88.3 Å². The van der Waals surface area contributed by atoms with E-state index in [1.54, 1.807) is 22.7 Å². The van der Waals surface area contributed by atoms with E-state index in [0.717, 1.165) is 22.7 Å². The summed E-state index contributed by atoms with van der Waals surface area (Å²) in [5.41, 5.74) is 11.9. The highest BCUT2D eigenvalue weighted by atomic mass is 32.1. The molecule has 4 heterocycles. The fraction of sp³-hybridized carbons (Fsp3) is 0. The quantitative estimate of drug-likeness (QED) is 0.192. The number of nitriles is 1. The Labute approximate surface area is 211 Å². The van der Waals surface area contributed by atoms with E-state index in [0.29, 0.717) is 11.3 Å². The van der Waals surface area contributed by atoms with Gasteiger partial charge in [0, 0.05) is 55.4 Å². The van der Waals surface area contributed by atoms with Gasteiger partial charge in [-0.1, -0.05) is 42.5 Å². The normalized spacial score (nSPS) is 12.9. The predicted octanol–water partition coefficient (Wildman–Crippen LogP) is 7.56. The number of rotatable bonds is 2. The van der Waals surface area contributed by atoms with Gasteiger partial charge in [0.1, 0.15) is 0 Å². The third-order valence-corrected chi connectivity index (χ3v) is 8.23. The third kappa shape index (κ3) is 2.83. The third-order valence-electron chi connectivity index (χ3n) is 6.77. The summed E-state index contributed by atoms with van der Waals surface area (Å²) in [6, 6.07) is 24.6. The van der Waals surface area contributed by atoms with Gasteiger partial charge in [0.15, 0.2) is 5.69 Å². The van der Waals surface area contributed by atoms with Crippen molar-refractivity contribution in [3.63, 3.8) is 0 Å². The summed E-state index contributed by atoms with van der Waals surface area (Å²) < 4.78 is 0. The number of nitrogens with zero attached hydrogens (tertiary/aromatic N) is 4. The van der Waals surface area contributed by atoms with Crippen LogP contribution in [-0.4, -0.2) is 6.98 Å². The van der Waals surface area contributed by atoms with E-state index in [1.165, 1.54) is 27.7 Å². The predicted molar refractivity (Wildman–Crippen MR) is 147 cm³/mol. The van der Waals surface area contributed by atoms with Crippen LogP contribution in [0.25, 0.3) is 27.1 Å². The Morgan fingerprint density at radius 3 is 1.77 bits per heavy atom. The maximum Gasteiger partial charge on any atom is 0.421 e. The summed E-state index contributed by atoms with van der Waals surface area (Å²) in [5.74, 6) is 0. The topological polar surface area (TPSA) is 34.6 Å². The first-order valence-electron chi connectivity index (χ1n) is 11.1. The molecule has 7 rings (SSSR count). The van der Waals surface area contributed by atoms with E-state index in [2.05, 4.69) is 60.3 Å². The number of fused-ring (bicyclic) bond motifs is 4. The number of hydrogen-bond acceptors (Lipinski definition) is 5. The number of benzene rings is 3. The molecule has 0 amide bonds. The highest BCUT2D eigenvalue weighted by molar-refractivity contribution is 7.10. The van der Waals surface area contributed by atoms with Gasteiger partial charge in [-0.3, -0.25) is 0 Å². The molecular formula is C28H15BN4S2. The first-order valence-corrected chi connectivity index (χ1v) is 13.0. The van der Waals surface area contributed by atoms with Gasteiger partial charge in [0.05, 0.1) is 18.2 Å². The van der Waals surface area contributed by atoms with Crippen molar-refractivity contribution in [2.45, 2.75) is 0 Å². The van der Waals surface area contributed by atoms with Gasteiger partial charge in [0.25, 0.3) is 0 Å². The van der Waals surface area contributed by atoms with Crippen LogP contribution < -0.4 is 15.1 Å². The van der Waals surface area contributed by atoms with Crippen molar-refractivity contribution in [1.29, 1.82) is 5.26 Å². The SMILES string of the molecule is [C-]#[N+]c1ccc(N2B3c4c(cccc4-c4cscc42)-c2cscc2N3c2ccc(C#N)cc2)cc1. The van der Waals surface area contributed by atoms with Crippen molar-refractivity contribution in [1.82, 2.24) is 0 Å². The molecule has 3 aromatic carbocycles. The van der Waals surface area contributed by atoms with Crippen LogP contribution in [0.2, 0.25) is 0 Å². The fourth-order valence-corrected chi connectivity index (χ4v) is 6.89. The molecule has 7 heteroatoms. The highest BCUT2D eigenvalue weighted by Crippen LogP contribution is 2.50. The van der Waals surface area contributed by atoms with Crippen LogP contribution in [0.3, 0.4) is 0 Å². The molecule has 4 nitrogen and oxygen atoms in total. The van der Waals surface area contributed by atoms with Gasteiger partial charge in [-0.15, -0.1) is 22.7 Å². The number of thiophene rings is 2. The second-order valence-electron chi connectivity index (χ2n) is 8.51. The zero-order valence-corrected chi connectivity index (χ0v) is 20.0. The van der Waals surface area contributed by atoms with E-state index < -0.39 is 0 Å². The van der Waals surface area contributed by atoms with Crippen molar-refractivity contribution in [2.75, 3.05) is 9.62 Å².